The number of halogens is 2. The van der Waals surface area contributed by atoms with Gasteiger partial charge in [-0.1, -0.05) is 79.1 Å². The smallest absolute Gasteiger partial charge is 0.0536 e. The molecule has 0 spiro atoms. The quantitative estimate of drug-likeness (QED) is 0.498. The van der Waals surface area contributed by atoms with Gasteiger partial charge in [0.15, 0.2) is 0 Å². The van der Waals surface area contributed by atoms with Gasteiger partial charge in [0.05, 0.1) is 0 Å². The van der Waals surface area contributed by atoms with Crippen LogP contribution in [-0.2, 0) is 0 Å². The van der Waals surface area contributed by atoms with Crippen LogP contribution in [0.5, 0.6) is 0 Å². The Labute approximate surface area is 113 Å². The van der Waals surface area contributed by atoms with Crippen LogP contribution in [0.1, 0.15) is 79.1 Å². The molecule has 0 radical (unpaired) electrons. The van der Waals surface area contributed by atoms with Crippen molar-refractivity contribution in [3.05, 3.63) is 0 Å². The van der Waals surface area contributed by atoms with Crippen molar-refractivity contribution in [3.8, 4) is 0 Å². The van der Waals surface area contributed by atoms with E-state index in [1.165, 1.54) is 51.4 Å². The fourth-order valence-electron chi connectivity index (χ4n) is 1.000. The highest BCUT2D eigenvalue weighted by molar-refractivity contribution is 8.93. The lowest BCUT2D eigenvalue weighted by atomic mass is 10.2. The molecule has 0 bridgehead atoms. The Morgan fingerprint density at radius 1 is 0.429 bits per heavy atom. The Bertz CT molecular complexity index is 40.3. The van der Waals surface area contributed by atoms with Gasteiger partial charge < -0.3 is 0 Å². The summed E-state index contributed by atoms with van der Waals surface area (Å²) in [6, 6.07) is 0. The minimum atomic E-state index is 0. The molecule has 0 aliphatic heterocycles. The fourth-order valence-corrected chi connectivity index (χ4v) is 1.000. The van der Waals surface area contributed by atoms with Gasteiger partial charge in [0, 0.05) is 0 Å². The lowest BCUT2D eigenvalue weighted by Gasteiger charge is -1.86. The van der Waals surface area contributed by atoms with E-state index in [0.717, 1.165) is 0 Å². The molecule has 0 aromatic rings. The third kappa shape index (κ3) is 38.3. The van der Waals surface area contributed by atoms with Crippen molar-refractivity contribution >= 4 is 34.0 Å². The van der Waals surface area contributed by atoms with Crippen LogP contribution in [0.2, 0.25) is 0 Å². The first-order chi connectivity index (χ1) is 5.83. The monoisotopic (exact) mass is 332 g/mol. The lowest BCUT2D eigenvalue weighted by Crippen LogP contribution is -1.66. The largest absolute Gasteiger partial charge is 0.114 e. The molecule has 0 saturated heterocycles. The Kier molecular flexibility index (Phi) is 50.6. The van der Waals surface area contributed by atoms with Gasteiger partial charge in [-0.2, -0.15) is 0 Å². The Balaban J connectivity index is -0.0000000625. The second-order valence-corrected chi connectivity index (χ2v) is 3.41. The van der Waals surface area contributed by atoms with Gasteiger partial charge in [-0.3, -0.25) is 0 Å². The highest BCUT2D eigenvalue weighted by Crippen LogP contribution is 1.95. The molecule has 14 heavy (non-hydrogen) atoms. The molecule has 0 amide bonds. The van der Waals surface area contributed by atoms with Crippen molar-refractivity contribution in [1.82, 2.24) is 0 Å². The molecule has 0 fully saturated rings. The van der Waals surface area contributed by atoms with E-state index in [2.05, 4.69) is 27.7 Å². The molecule has 0 heterocycles. The number of unbranched alkanes of at least 4 members (excludes halogenated alkanes) is 6. The van der Waals surface area contributed by atoms with E-state index in [-0.39, 0.29) is 34.0 Å². The van der Waals surface area contributed by atoms with E-state index in [1.807, 2.05) is 0 Å². The second-order valence-electron chi connectivity index (χ2n) is 3.41. The van der Waals surface area contributed by atoms with E-state index in [4.69, 9.17) is 0 Å². The molecule has 0 aromatic carbocycles. The fraction of sp³-hybridized carbons (Fsp3) is 1.00. The summed E-state index contributed by atoms with van der Waals surface area (Å²) in [6.45, 7) is 8.93. The van der Waals surface area contributed by atoms with Crippen LogP contribution < -0.4 is 0 Å². The molecule has 0 N–H and O–H groups in total. The molecular weight excluding hydrogens is 304 g/mol. The summed E-state index contributed by atoms with van der Waals surface area (Å²) in [4.78, 5) is 0. The average Bonchev–Trinajstić information content (AvgIpc) is 2.12. The molecule has 92 valence electrons. The molecule has 0 saturated carbocycles. The normalized spacial score (nSPS) is 7.71. The summed E-state index contributed by atoms with van der Waals surface area (Å²) in [7, 11) is 0. The summed E-state index contributed by atoms with van der Waals surface area (Å²) < 4.78 is 0. The van der Waals surface area contributed by atoms with Crippen molar-refractivity contribution < 1.29 is 0 Å². The Morgan fingerprint density at radius 3 is 0.643 bits per heavy atom. The molecule has 0 nitrogen and oxygen atoms in total. The van der Waals surface area contributed by atoms with Crippen molar-refractivity contribution in [2.45, 2.75) is 79.1 Å². The number of hydrogen-bond acceptors (Lipinski definition) is 0. The number of hydrogen-bond donors (Lipinski definition) is 0. The van der Waals surface area contributed by atoms with E-state index >= 15 is 0 Å². The predicted molar refractivity (Wildman–Crippen MR) is 80.3 cm³/mol. The molecule has 0 aliphatic carbocycles. The van der Waals surface area contributed by atoms with Crippen LogP contribution in [-0.4, -0.2) is 0 Å². The van der Waals surface area contributed by atoms with Crippen molar-refractivity contribution in [1.29, 1.82) is 0 Å². The molecule has 0 aliphatic rings. The van der Waals surface area contributed by atoms with Crippen molar-refractivity contribution in [3.63, 3.8) is 0 Å². The van der Waals surface area contributed by atoms with Gasteiger partial charge in [0.25, 0.3) is 0 Å². The van der Waals surface area contributed by atoms with Gasteiger partial charge in [-0.15, -0.1) is 34.0 Å². The summed E-state index contributed by atoms with van der Waals surface area (Å²) in [6.07, 6.45) is 11.1. The summed E-state index contributed by atoms with van der Waals surface area (Å²) in [5.41, 5.74) is 0. The van der Waals surface area contributed by atoms with Gasteiger partial charge in [-0.25, -0.2) is 0 Å². The maximum Gasteiger partial charge on any atom is -0.0536 e. The van der Waals surface area contributed by atoms with E-state index in [0.29, 0.717) is 0 Å². The third-order valence-electron chi connectivity index (χ3n) is 1.91. The maximum absolute atomic E-state index is 2.23. The molecule has 0 aromatic heterocycles. The molecular formula is C12H30Br2. The highest BCUT2D eigenvalue weighted by atomic mass is 79.9. The van der Waals surface area contributed by atoms with Crippen molar-refractivity contribution in [2.24, 2.45) is 0 Å². The molecule has 0 atom stereocenters. The zero-order valence-electron chi connectivity index (χ0n) is 10.5. The van der Waals surface area contributed by atoms with Crippen LogP contribution in [0.3, 0.4) is 0 Å². The topological polar surface area (TPSA) is 0 Å². The van der Waals surface area contributed by atoms with Crippen LogP contribution in [0, 0.1) is 0 Å². The number of rotatable bonds is 6. The first kappa shape index (κ1) is 24.3. The first-order valence-electron chi connectivity index (χ1n) is 5.83. The van der Waals surface area contributed by atoms with Crippen molar-refractivity contribution in [2.75, 3.05) is 0 Å². The predicted octanol–water partition coefficient (Wildman–Crippen LogP) is 6.33. The third-order valence-corrected chi connectivity index (χ3v) is 1.91. The summed E-state index contributed by atoms with van der Waals surface area (Å²) >= 11 is 0. The lowest BCUT2D eigenvalue weighted by molar-refractivity contribution is 0.702. The molecule has 0 rings (SSSR count). The zero-order valence-corrected chi connectivity index (χ0v) is 13.9. The van der Waals surface area contributed by atoms with Gasteiger partial charge in [0.1, 0.15) is 0 Å². The maximum atomic E-state index is 2.23. The summed E-state index contributed by atoms with van der Waals surface area (Å²) in [5, 5.41) is 0. The van der Waals surface area contributed by atoms with E-state index < -0.39 is 0 Å². The minimum Gasteiger partial charge on any atom is -0.114 e. The highest BCUT2D eigenvalue weighted by Gasteiger charge is 1.75. The Morgan fingerprint density at radius 2 is 0.571 bits per heavy atom. The van der Waals surface area contributed by atoms with Gasteiger partial charge >= 0.3 is 0 Å². The van der Waals surface area contributed by atoms with E-state index in [1.54, 1.807) is 0 Å². The SMILES string of the molecule is Br.Br.CCCCCC.CCCCCC. The van der Waals surface area contributed by atoms with Gasteiger partial charge in [-0.05, 0) is 0 Å². The van der Waals surface area contributed by atoms with Crippen LogP contribution in [0.15, 0.2) is 0 Å². The summed E-state index contributed by atoms with van der Waals surface area (Å²) in [5.74, 6) is 0. The first-order valence-corrected chi connectivity index (χ1v) is 5.83. The van der Waals surface area contributed by atoms with Crippen LogP contribution >= 0.6 is 34.0 Å². The minimum absolute atomic E-state index is 0. The second kappa shape index (κ2) is 29.2. The molecule has 0 unspecified atom stereocenters. The molecule has 2 heteroatoms. The van der Waals surface area contributed by atoms with Crippen LogP contribution in [0.4, 0.5) is 0 Å². The van der Waals surface area contributed by atoms with Gasteiger partial charge in [0.2, 0.25) is 0 Å². The van der Waals surface area contributed by atoms with E-state index in [9.17, 15) is 0 Å². The zero-order chi connectivity index (χ0) is 9.66. The Hall–Kier alpha value is 0.960. The average molecular weight is 334 g/mol. The standard InChI is InChI=1S/2C6H14.2BrH/c2*1-3-5-6-4-2;;/h2*3-6H2,1-2H3;2*1H. The van der Waals surface area contributed by atoms with Crippen LogP contribution in [0.25, 0.3) is 0 Å².